The summed E-state index contributed by atoms with van der Waals surface area (Å²) in [5, 5.41) is 3.17. The summed E-state index contributed by atoms with van der Waals surface area (Å²) in [6.45, 7) is 7.47. The Kier molecular flexibility index (Phi) is 4.98. The Morgan fingerprint density at radius 1 is 1.62 bits per heavy atom. The molecule has 5 nitrogen and oxygen atoms in total. The zero-order valence-electron chi connectivity index (χ0n) is 10.1. The van der Waals surface area contributed by atoms with E-state index in [2.05, 4.69) is 10.3 Å². The smallest absolute Gasteiger partial charge is 0.326 e. The average molecular weight is 225 g/mol. The third kappa shape index (κ3) is 4.02. The fourth-order valence-electron chi connectivity index (χ4n) is 1.33. The highest BCUT2D eigenvalue weighted by Gasteiger charge is 2.09. The molecule has 0 atom stereocenters. The van der Waals surface area contributed by atoms with E-state index in [0.29, 0.717) is 6.54 Å². The molecule has 0 saturated heterocycles. The summed E-state index contributed by atoms with van der Waals surface area (Å²) in [6, 6.07) is 0. The molecule has 0 aromatic carbocycles. The van der Waals surface area contributed by atoms with E-state index in [4.69, 9.17) is 4.74 Å². The minimum absolute atomic E-state index is 0.0757. The number of hydrogen-bond donors (Lipinski definition) is 1. The zero-order valence-corrected chi connectivity index (χ0v) is 10.1. The predicted molar refractivity (Wildman–Crippen MR) is 60.8 cm³/mol. The summed E-state index contributed by atoms with van der Waals surface area (Å²) in [5.41, 5.74) is 0. The number of nitrogens with one attached hydrogen (secondary N) is 1. The maximum atomic E-state index is 11.5. The van der Waals surface area contributed by atoms with Gasteiger partial charge in [-0.05, 0) is 20.4 Å². The van der Waals surface area contributed by atoms with Crippen molar-refractivity contribution in [2.75, 3.05) is 6.54 Å². The van der Waals surface area contributed by atoms with Gasteiger partial charge in [-0.2, -0.15) is 0 Å². The summed E-state index contributed by atoms with van der Waals surface area (Å²) in [7, 11) is 0. The van der Waals surface area contributed by atoms with Gasteiger partial charge in [-0.25, -0.2) is 4.98 Å². The zero-order chi connectivity index (χ0) is 12.0. The molecule has 1 N–H and O–H groups in total. The Bertz CT molecular complexity index is 334. The molecule has 0 saturated carbocycles. The fraction of sp³-hybridized carbons (Fsp3) is 0.636. The molecule has 1 rings (SSSR count). The van der Waals surface area contributed by atoms with Crippen LogP contribution in [-0.2, 0) is 22.6 Å². The molecule has 0 aliphatic rings. The van der Waals surface area contributed by atoms with Crippen LogP contribution < -0.4 is 5.32 Å². The fourth-order valence-corrected chi connectivity index (χ4v) is 1.33. The van der Waals surface area contributed by atoms with E-state index in [0.717, 1.165) is 12.4 Å². The molecule has 1 aromatic rings. The van der Waals surface area contributed by atoms with Crippen LogP contribution >= 0.6 is 0 Å². The molecule has 1 aromatic heterocycles. The number of hydrogen-bond acceptors (Lipinski definition) is 4. The first kappa shape index (κ1) is 12.7. The first-order valence-corrected chi connectivity index (χ1v) is 5.53. The van der Waals surface area contributed by atoms with Crippen LogP contribution in [0.1, 0.15) is 26.6 Å². The average Bonchev–Trinajstić information content (AvgIpc) is 2.61. The highest BCUT2D eigenvalue weighted by Crippen LogP contribution is 1.99. The highest BCUT2D eigenvalue weighted by molar-refractivity contribution is 5.69. The molecule has 0 amide bonds. The lowest BCUT2D eigenvalue weighted by Gasteiger charge is -2.10. The van der Waals surface area contributed by atoms with Crippen LogP contribution in [0.25, 0.3) is 0 Å². The monoisotopic (exact) mass is 225 g/mol. The third-order valence-electron chi connectivity index (χ3n) is 2.00. The van der Waals surface area contributed by atoms with Gasteiger partial charge in [-0.1, -0.05) is 6.92 Å². The number of aromatic nitrogens is 2. The number of esters is 1. The molecule has 5 heteroatoms. The molecule has 16 heavy (non-hydrogen) atoms. The second-order valence-electron chi connectivity index (χ2n) is 3.79. The van der Waals surface area contributed by atoms with Crippen molar-refractivity contribution in [2.24, 2.45) is 0 Å². The van der Waals surface area contributed by atoms with E-state index in [-0.39, 0.29) is 18.6 Å². The largest absolute Gasteiger partial charge is 0.462 e. The van der Waals surface area contributed by atoms with Crippen molar-refractivity contribution >= 4 is 5.97 Å². The molecule has 1 heterocycles. The molecule has 0 aliphatic carbocycles. The van der Waals surface area contributed by atoms with Crippen LogP contribution in [0.3, 0.4) is 0 Å². The van der Waals surface area contributed by atoms with Gasteiger partial charge in [0.15, 0.2) is 0 Å². The Hall–Kier alpha value is -1.36. The number of rotatable bonds is 6. The van der Waals surface area contributed by atoms with Crippen LogP contribution in [0.4, 0.5) is 0 Å². The van der Waals surface area contributed by atoms with E-state index < -0.39 is 0 Å². The first-order valence-electron chi connectivity index (χ1n) is 5.53. The maximum Gasteiger partial charge on any atom is 0.326 e. The van der Waals surface area contributed by atoms with Gasteiger partial charge in [-0.15, -0.1) is 0 Å². The molecule has 0 fully saturated rings. The Morgan fingerprint density at radius 3 is 3.00 bits per heavy atom. The summed E-state index contributed by atoms with van der Waals surface area (Å²) in [6.07, 6.45) is 3.40. The van der Waals surface area contributed by atoms with E-state index in [1.165, 1.54) is 0 Å². The summed E-state index contributed by atoms with van der Waals surface area (Å²) in [4.78, 5) is 15.6. The highest BCUT2D eigenvalue weighted by atomic mass is 16.5. The number of carbonyl (C=O) groups excluding carboxylic acids is 1. The Morgan fingerprint density at radius 2 is 2.38 bits per heavy atom. The lowest BCUT2D eigenvalue weighted by molar-refractivity contribution is -0.148. The van der Waals surface area contributed by atoms with Crippen LogP contribution in [0.2, 0.25) is 0 Å². The van der Waals surface area contributed by atoms with Gasteiger partial charge >= 0.3 is 5.97 Å². The van der Waals surface area contributed by atoms with Gasteiger partial charge in [0.05, 0.1) is 12.6 Å². The van der Waals surface area contributed by atoms with Crippen molar-refractivity contribution in [2.45, 2.75) is 40.0 Å². The topological polar surface area (TPSA) is 56.2 Å². The number of imidazole rings is 1. The van der Waals surface area contributed by atoms with Crippen molar-refractivity contribution in [3.05, 3.63) is 18.2 Å². The number of nitrogens with zero attached hydrogens (tertiary/aromatic N) is 2. The van der Waals surface area contributed by atoms with Crippen LogP contribution in [0, 0.1) is 0 Å². The lowest BCUT2D eigenvalue weighted by atomic mass is 10.4. The molecule has 90 valence electrons. The SMILES string of the molecule is CCNCc1nccn1CC(=O)OC(C)C. The summed E-state index contributed by atoms with van der Waals surface area (Å²) in [5.74, 6) is 0.619. The van der Waals surface area contributed by atoms with Crippen molar-refractivity contribution in [1.82, 2.24) is 14.9 Å². The predicted octanol–water partition coefficient (Wildman–Crippen LogP) is 0.944. The van der Waals surface area contributed by atoms with Crippen LogP contribution in [0.5, 0.6) is 0 Å². The molecule has 0 radical (unpaired) electrons. The minimum Gasteiger partial charge on any atom is -0.462 e. The second kappa shape index (κ2) is 6.27. The van der Waals surface area contributed by atoms with Crippen molar-refractivity contribution in [3.63, 3.8) is 0 Å². The van der Waals surface area contributed by atoms with Crippen LogP contribution in [0.15, 0.2) is 12.4 Å². The quantitative estimate of drug-likeness (QED) is 0.732. The normalized spacial score (nSPS) is 10.8. The molecule has 0 bridgehead atoms. The van der Waals surface area contributed by atoms with Gasteiger partial charge in [-0.3, -0.25) is 4.79 Å². The van der Waals surface area contributed by atoms with Gasteiger partial charge in [0.1, 0.15) is 12.4 Å². The maximum absolute atomic E-state index is 11.5. The standard InChI is InChI=1S/C11H19N3O2/c1-4-12-7-10-13-5-6-14(10)8-11(15)16-9(2)3/h5-6,9,12H,4,7-8H2,1-3H3. The van der Waals surface area contributed by atoms with E-state index in [9.17, 15) is 4.79 Å². The first-order chi connectivity index (χ1) is 7.63. The Balaban J connectivity index is 2.52. The Labute approximate surface area is 95.8 Å². The summed E-state index contributed by atoms with van der Waals surface area (Å²) >= 11 is 0. The van der Waals surface area contributed by atoms with E-state index in [1.54, 1.807) is 17.0 Å². The van der Waals surface area contributed by atoms with E-state index in [1.807, 2.05) is 20.8 Å². The van der Waals surface area contributed by atoms with Crippen LogP contribution in [-0.4, -0.2) is 28.2 Å². The molecule has 0 spiro atoms. The second-order valence-corrected chi connectivity index (χ2v) is 3.79. The number of carbonyl (C=O) groups is 1. The molecular weight excluding hydrogens is 206 g/mol. The number of ether oxygens (including phenoxy) is 1. The molecule has 0 unspecified atom stereocenters. The molecular formula is C11H19N3O2. The van der Waals surface area contributed by atoms with Crippen molar-refractivity contribution in [3.8, 4) is 0 Å². The van der Waals surface area contributed by atoms with Gasteiger partial charge in [0, 0.05) is 12.4 Å². The molecule has 0 aliphatic heterocycles. The minimum atomic E-state index is -0.231. The van der Waals surface area contributed by atoms with E-state index >= 15 is 0 Å². The van der Waals surface area contributed by atoms with Gasteiger partial charge in [0.2, 0.25) is 0 Å². The van der Waals surface area contributed by atoms with Crippen molar-refractivity contribution in [1.29, 1.82) is 0 Å². The summed E-state index contributed by atoms with van der Waals surface area (Å²) < 4.78 is 6.87. The third-order valence-corrected chi connectivity index (χ3v) is 2.00. The lowest BCUT2D eigenvalue weighted by Crippen LogP contribution is -2.21. The van der Waals surface area contributed by atoms with Gasteiger partial charge in [0.25, 0.3) is 0 Å². The van der Waals surface area contributed by atoms with Crippen molar-refractivity contribution < 1.29 is 9.53 Å². The van der Waals surface area contributed by atoms with Gasteiger partial charge < -0.3 is 14.6 Å².